The summed E-state index contributed by atoms with van der Waals surface area (Å²) in [4.78, 5) is 31.3. The van der Waals surface area contributed by atoms with E-state index in [1.807, 2.05) is 66.9 Å². The van der Waals surface area contributed by atoms with Gasteiger partial charge < -0.3 is 10.1 Å². The molecule has 1 aliphatic heterocycles. The standard InChI is InChI=1S/C28H25ClN2O3S/c1-17-24(28(33)34-15-14-18-6-3-2-4-7-18)26(25-21(30-17)8-5-9-23(25)32)22-16-35-27(31-22)19-10-12-20(29)13-11-19/h2-4,6-7,10-13,16,26,30H,5,8-9,14-15H2,1H3. The first kappa shape index (κ1) is 23.5. The Morgan fingerprint density at radius 2 is 1.91 bits per heavy atom. The van der Waals surface area contributed by atoms with Crippen LogP contribution in [0.4, 0.5) is 0 Å². The van der Waals surface area contributed by atoms with Gasteiger partial charge in [-0.1, -0.05) is 54.1 Å². The van der Waals surface area contributed by atoms with Crippen LogP contribution in [0.25, 0.3) is 10.6 Å². The van der Waals surface area contributed by atoms with Gasteiger partial charge in [-0.15, -0.1) is 11.3 Å². The van der Waals surface area contributed by atoms with E-state index in [2.05, 4.69) is 5.32 Å². The van der Waals surface area contributed by atoms with Crippen molar-refractivity contribution in [3.63, 3.8) is 0 Å². The van der Waals surface area contributed by atoms with Gasteiger partial charge in [-0.25, -0.2) is 9.78 Å². The molecule has 5 nitrogen and oxygen atoms in total. The van der Waals surface area contributed by atoms with Crippen molar-refractivity contribution in [3.8, 4) is 10.6 Å². The molecule has 2 aromatic carbocycles. The number of dihydropyridines is 1. The highest BCUT2D eigenvalue weighted by Crippen LogP contribution is 2.43. The van der Waals surface area contributed by atoms with E-state index in [-0.39, 0.29) is 12.4 Å². The van der Waals surface area contributed by atoms with Crippen LogP contribution >= 0.6 is 22.9 Å². The number of allylic oxidation sites excluding steroid dienone is 3. The molecule has 7 heteroatoms. The molecule has 2 aliphatic rings. The summed E-state index contributed by atoms with van der Waals surface area (Å²) in [7, 11) is 0. The van der Waals surface area contributed by atoms with Crippen LogP contribution < -0.4 is 5.32 Å². The Kier molecular flexibility index (Phi) is 6.84. The number of esters is 1. The summed E-state index contributed by atoms with van der Waals surface area (Å²) in [6.45, 7) is 2.13. The number of hydrogen-bond acceptors (Lipinski definition) is 6. The van der Waals surface area contributed by atoms with E-state index in [1.165, 1.54) is 11.3 Å². The maximum atomic E-state index is 13.4. The van der Waals surface area contributed by atoms with Crippen LogP contribution in [0.1, 0.15) is 43.4 Å². The molecule has 1 aromatic heterocycles. The number of ether oxygens (including phenoxy) is 1. The average Bonchev–Trinajstić information content (AvgIpc) is 3.34. The molecule has 35 heavy (non-hydrogen) atoms. The van der Waals surface area contributed by atoms with Gasteiger partial charge in [-0.2, -0.15) is 0 Å². The first-order valence-corrected chi connectivity index (χ1v) is 12.9. The molecule has 0 amide bonds. The van der Waals surface area contributed by atoms with Crippen molar-refractivity contribution < 1.29 is 14.3 Å². The highest BCUT2D eigenvalue weighted by molar-refractivity contribution is 7.13. The van der Waals surface area contributed by atoms with Gasteiger partial charge in [-0.05, 0) is 37.5 Å². The molecule has 1 unspecified atom stereocenters. The summed E-state index contributed by atoms with van der Waals surface area (Å²) in [6, 6.07) is 17.4. The van der Waals surface area contributed by atoms with Crippen molar-refractivity contribution in [2.45, 2.75) is 38.5 Å². The number of hydrogen-bond donors (Lipinski definition) is 1. The van der Waals surface area contributed by atoms with Crippen LogP contribution in [0.2, 0.25) is 5.02 Å². The van der Waals surface area contributed by atoms with E-state index in [0.717, 1.165) is 34.7 Å². The molecule has 5 rings (SSSR count). The minimum absolute atomic E-state index is 0.0619. The number of rotatable bonds is 6. The third kappa shape index (κ3) is 4.95. The minimum Gasteiger partial charge on any atom is -0.462 e. The van der Waals surface area contributed by atoms with E-state index < -0.39 is 11.9 Å². The van der Waals surface area contributed by atoms with Crippen LogP contribution in [-0.2, 0) is 20.7 Å². The second-order valence-corrected chi connectivity index (χ2v) is 10.0. The van der Waals surface area contributed by atoms with Crippen molar-refractivity contribution >= 4 is 34.7 Å². The highest BCUT2D eigenvalue weighted by atomic mass is 35.5. The fraction of sp³-hybridized carbons (Fsp3) is 0.250. The zero-order valence-electron chi connectivity index (χ0n) is 19.3. The number of ketones is 1. The molecular weight excluding hydrogens is 480 g/mol. The topological polar surface area (TPSA) is 68.3 Å². The zero-order valence-corrected chi connectivity index (χ0v) is 20.9. The molecule has 3 aromatic rings. The van der Waals surface area contributed by atoms with Gasteiger partial charge in [-0.3, -0.25) is 4.79 Å². The van der Waals surface area contributed by atoms with Gasteiger partial charge >= 0.3 is 5.97 Å². The molecule has 0 radical (unpaired) electrons. The number of benzene rings is 2. The van der Waals surface area contributed by atoms with Crippen LogP contribution in [0.5, 0.6) is 0 Å². The number of carbonyl (C=O) groups is 2. The van der Waals surface area contributed by atoms with Gasteiger partial charge in [0.2, 0.25) is 0 Å². The van der Waals surface area contributed by atoms with Gasteiger partial charge in [0, 0.05) is 45.8 Å². The summed E-state index contributed by atoms with van der Waals surface area (Å²) in [6.07, 6.45) is 2.68. The third-order valence-corrected chi connectivity index (χ3v) is 7.53. The SMILES string of the molecule is CC1=C(C(=O)OCCc2ccccc2)C(c2csc(-c3ccc(Cl)cc3)n2)C2=C(CCCC2=O)N1. The number of thiazole rings is 1. The minimum atomic E-state index is -0.541. The Morgan fingerprint density at radius 1 is 1.14 bits per heavy atom. The molecule has 1 atom stereocenters. The highest BCUT2D eigenvalue weighted by Gasteiger charge is 2.40. The predicted molar refractivity (Wildman–Crippen MR) is 138 cm³/mol. The van der Waals surface area contributed by atoms with Gasteiger partial charge in [0.05, 0.1) is 23.8 Å². The first-order chi connectivity index (χ1) is 17.0. The Bertz CT molecular complexity index is 1330. The van der Waals surface area contributed by atoms with Crippen molar-refractivity contribution in [3.05, 3.63) is 98.8 Å². The second kappa shape index (κ2) is 10.2. The maximum absolute atomic E-state index is 13.4. The summed E-state index contributed by atoms with van der Waals surface area (Å²) in [5.74, 6) is -0.894. The van der Waals surface area contributed by atoms with E-state index in [9.17, 15) is 9.59 Å². The Balaban J connectivity index is 1.46. The summed E-state index contributed by atoms with van der Waals surface area (Å²) in [5.41, 5.74) is 5.45. The quantitative estimate of drug-likeness (QED) is 0.404. The van der Waals surface area contributed by atoms with Crippen LogP contribution in [0.15, 0.2) is 82.5 Å². The lowest BCUT2D eigenvalue weighted by Gasteiger charge is -2.33. The molecule has 1 aliphatic carbocycles. The first-order valence-electron chi connectivity index (χ1n) is 11.7. The monoisotopic (exact) mass is 504 g/mol. The predicted octanol–water partition coefficient (Wildman–Crippen LogP) is 6.22. The largest absolute Gasteiger partial charge is 0.462 e. The number of Topliss-reactive ketones (excluding diaryl/α,β-unsaturated/α-hetero) is 1. The van der Waals surface area contributed by atoms with Crippen LogP contribution in [0.3, 0.4) is 0 Å². The molecule has 178 valence electrons. The van der Waals surface area contributed by atoms with Gasteiger partial charge in [0.15, 0.2) is 5.78 Å². The van der Waals surface area contributed by atoms with E-state index in [1.54, 1.807) is 0 Å². The summed E-state index contributed by atoms with van der Waals surface area (Å²) >= 11 is 7.53. The number of aromatic nitrogens is 1. The van der Waals surface area contributed by atoms with Crippen molar-refractivity contribution in [2.24, 2.45) is 0 Å². The van der Waals surface area contributed by atoms with E-state index in [4.69, 9.17) is 21.3 Å². The third-order valence-electron chi connectivity index (χ3n) is 6.37. The Morgan fingerprint density at radius 3 is 2.69 bits per heavy atom. The normalized spacial score (nSPS) is 17.8. The molecular formula is C28H25ClN2O3S. The number of carbonyl (C=O) groups excluding carboxylic acids is 2. The van der Waals surface area contributed by atoms with Crippen molar-refractivity contribution in [1.82, 2.24) is 10.3 Å². The molecule has 1 N–H and O–H groups in total. The molecule has 0 saturated heterocycles. The zero-order chi connectivity index (χ0) is 24.4. The van der Waals surface area contributed by atoms with Gasteiger partial charge in [0.1, 0.15) is 5.01 Å². The fourth-order valence-electron chi connectivity index (χ4n) is 4.68. The number of halogens is 1. The lowest BCUT2D eigenvalue weighted by Crippen LogP contribution is -2.34. The Labute approximate surface area is 213 Å². The van der Waals surface area contributed by atoms with E-state index >= 15 is 0 Å². The number of nitrogens with one attached hydrogen (secondary N) is 1. The average molecular weight is 505 g/mol. The smallest absolute Gasteiger partial charge is 0.336 e. The van der Waals surface area contributed by atoms with Gasteiger partial charge in [0.25, 0.3) is 0 Å². The lowest BCUT2D eigenvalue weighted by atomic mass is 9.77. The molecule has 2 heterocycles. The maximum Gasteiger partial charge on any atom is 0.336 e. The molecule has 0 spiro atoms. The van der Waals surface area contributed by atoms with Crippen molar-refractivity contribution in [2.75, 3.05) is 6.61 Å². The second-order valence-electron chi connectivity index (χ2n) is 8.72. The molecule has 0 saturated carbocycles. The molecule has 0 fully saturated rings. The fourth-order valence-corrected chi connectivity index (χ4v) is 5.65. The van der Waals surface area contributed by atoms with Crippen LogP contribution in [-0.4, -0.2) is 23.3 Å². The van der Waals surface area contributed by atoms with Crippen LogP contribution in [0, 0.1) is 0 Å². The van der Waals surface area contributed by atoms with Crippen molar-refractivity contribution in [1.29, 1.82) is 0 Å². The number of nitrogens with zero attached hydrogens (tertiary/aromatic N) is 1. The summed E-state index contributed by atoms with van der Waals surface area (Å²) < 4.78 is 5.72. The molecule has 0 bridgehead atoms. The Hall–Kier alpha value is -3.22. The lowest BCUT2D eigenvalue weighted by molar-refractivity contribution is -0.139. The van der Waals surface area contributed by atoms with E-state index in [0.29, 0.717) is 40.4 Å². The summed E-state index contributed by atoms with van der Waals surface area (Å²) in [5, 5.41) is 6.75.